The number of amides is 1. The molecule has 0 aromatic heterocycles. The fourth-order valence-electron chi connectivity index (χ4n) is 6.57. The van der Waals surface area contributed by atoms with Gasteiger partial charge in [0, 0.05) is 0 Å². The predicted molar refractivity (Wildman–Crippen MR) is 213 cm³/mol. The van der Waals surface area contributed by atoms with Gasteiger partial charge in [-0.25, -0.2) is 0 Å². The molecule has 1 amide bonds. The van der Waals surface area contributed by atoms with E-state index in [0.717, 1.165) is 32.1 Å². The summed E-state index contributed by atoms with van der Waals surface area (Å²) in [7, 11) is 0. The smallest absolute Gasteiger partial charge is 0.253 e. The number of rotatable bonds is 33. The van der Waals surface area contributed by atoms with E-state index in [1.807, 2.05) is 6.08 Å². The summed E-state index contributed by atoms with van der Waals surface area (Å²) in [4.78, 5) is 13.0. The SMILES string of the molecule is CCCCCCCCCCCCCC/C=C/[C@@H](O)C(=O)N[C@@H](CO[C@@H]1OC(CO)[C@@H](O)C(O)C1O)[C@H](O)/C=C/CC/C=C(\C)CCCCCCCCC. The molecule has 1 saturated heterocycles. The summed E-state index contributed by atoms with van der Waals surface area (Å²) < 4.78 is 11.1. The van der Waals surface area contributed by atoms with Crippen molar-refractivity contribution in [2.75, 3.05) is 13.2 Å². The third kappa shape index (κ3) is 23.8. The highest BCUT2D eigenvalue weighted by atomic mass is 16.7. The lowest BCUT2D eigenvalue weighted by molar-refractivity contribution is -0.302. The standard InChI is InChI=1S/C43H79NO9/c1-4-6-8-10-12-13-14-15-16-17-18-20-22-26-31-37(47)42(51)44-35(33-52-43-41(50)40(49)39(48)38(32-45)53-43)36(46)30-27-23-25-29-34(3)28-24-21-19-11-9-7-5-2/h26-27,29-31,35-41,43,45-50H,4-25,28,32-33H2,1-3H3,(H,44,51)/b30-27+,31-26+,34-29+/t35-,36+,37+,38?,39+,40?,41?,43+/m0/s1. The summed E-state index contributed by atoms with van der Waals surface area (Å²) in [5.74, 6) is -0.713. The topological polar surface area (TPSA) is 169 Å². The second-order valence-corrected chi connectivity index (χ2v) is 15.1. The molecule has 0 spiro atoms. The summed E-state index contributed by atoms with van der Waals surface area (Å²) in [5, 5.41) is 64.4. The van der Waals surface area contributed by atoms with Crippen LogP contribution in [0.25, 0.3) is 0 Å². The Bertz CT molecular complexity index is 971. The number of hydrogen-bond acceptors (Lipinski definition) is 9. The Labute approximate surface area is 322 Å². The van der Waals surface area contributed by atoms with E-state index < -0.39 is 61.5 Å². The molecule has 10 heteroatoms. The van der Waals surface area contributed by atoms with E-state index in [9.17, 15) is 35.4 Å². The Morgan fingerprint density at radius 3 is 1.79 bits per heavy atom. The van der Waals surface area contributed by atoms with E-state index in [-0.39, 0.29) is 6.61 Å². The molecule has 8 atom stereocenters. The maximum Gasteiger partial charge on any atom is 0.253 e. The van der Waals surface area contributed by atoms with Gasteiger partial charge in [-0.15, -0.1) is 0 Å². The minimum atomic E-state index is -1.62. The first-order valence-corrected chi connectivity index (χ1v) is 21.2. The maximum absolute atomic E-state index is 13.0. The van der Waals surface area contributed by atoms with Gasteiger partial charge in [0.05, 0.1) is 25.4 Å². The highest BCUT2D eigenvalue weighted by Gasteiger charge is 2.44. The van der Waals surface area contributed by atoms with Crippen molar-refractivity contribution in [3.05, 3.63) is 36.0 Å². The van der Waals surface area contributed by atoms with Crippen LogP contribution in [0.1, 0.15) is 168 Å². The molecule has 1 aliphatic heterocycles. The third-order valence-corrected chi connectivity index (χ3v) is 10.2. The van der Waals surface area contributed by atoms with Crippen LogP contribution in [0.5, 0.6) is 0 Å². The van der Waals surface area contributed by atoms with Crippen molar-refractivity contribution in [2.24, 2.45) is 0 Å². The van der Waals surface area contributed by atoms with Crippen molar-refractivity contribution in [3.63, 3.8) is 0 Å². The monoisotopic (exact) mass is 754 g/mol. The molecule has 3 unspecified atom stereocenters. The molecule has 310 valence electrons. The molecule has 0 aromatic carbocycles. The Morgan fingerprint density at radius 2 is 1.23 bits per heavy atom. The first kappa shape index (κ1) is 49.4. The average Bonchev–Trinajstić information content (AvgIpc) is 3.15. The van der Waals surface area contributed by atoms with Crippen molar-refractivity contribution in [1.29, 1.82) is 0 Å². The van der Waals surface area contributed by atoms with Crippen LogP contribution < -0.4 is 5.32 Å². The Kier molecular flexibility index (Phi) is 30.4. The number of aliphatic hydroxyl groups excluding tert-OH is 6. The molecule has 1 heterocycles. The number of nitrogens with one attached hydrogen (secondary N) is 1. The number of hydrogen-bond donors (Lipinski definition) is 7. The highest BCUT2D eigenvalue weighted by molar-refractivity contribution is 5.82. The fourth-order valence-corrected chi connectivity index (χ4v) is 6.57. The summed E-state index contributed by atoms with van der Waals surface area (Å²) in [6.45, 7) is 5.67. The molecule has 1 fully saturated rings. The van der Waals surface area contributed by atoms with Gasteiger partial charge in [-0.3, -0.25) is 4.79 Å². The summed E-state index contributed by atoms with van der Waals surface area (Å²) in [6, 6.07) is -1.03. The van der Waals surface area contributed by atoms with Gasteiger partial charge in [-0.1, -0.05) is 159 Å². The molecule has 0 radical (unpaired) electrons. The zero-order valence-electron chi connectivity index (χ0n) is 33.6. The fraction of sp³-hybridized carbons (Fsp3) is 0.837. The van der Waals surface area contributed by atoms with Crippen LogP contribution in [0.4, 0.5) is 0 Å². The first-order chi connectivity index (χ1) is 25.7. The van der Waals surface area contributed by atoms with Gasteiger partial charge in [-0.05, 0) is 45.4 Å². The number of ether oxygens (including phenoxy) is 2. The van der Waals surface area contributed by atoms with Crippen molar-refractivity contribution in [3.8, 4) is 0 Å². The summed E-state index contributed by atoms with van der Waals surface area (Å²) in [5.41, 5.74) is 1.35. The lowest BCUT2D eigenvalue weighted by Crippen LogP contribution is -2.60. The number of carbonyl (C=O) groups excluding carboxylic acids is 1. The van der Waals surface area contributed by atoms with Crippen LogP contribution in [-0.2, 0) is 14.3 Å². The van der Waals surface area contributed by atoms with Crippen LogP contribution in [0, 0.1) is 0 Å². The van der Waals surface area contributed by atoms with Gasteiger partial charge in [0.2, 0.25) is 0 Å². The normalized spacial score (nSPS) is 22.8. The van der Waals surface area contributed by atoms with Gasteiger partial charge < -0.3 is 45.4 Å². The minimum absolute atomic E-state index is 0.341. The zero-order chi connectivity index (χ0) is 39.1. The van der Waals surface area contributed by atoms with Crippen LogP contribution in [0.3, 0.4) is 0 Å². The Hall–Kier alpha value is -1.63. The second-order valence-electron chi connectivity index (χ2n) is 15.1. The molecule has 1 aliphatic rings. The third-order valence-electron chi connectivity index (χ3n) is 10.2. The van der Waals surface area contributed by atoms with E-state index in [1.165, 1.54) is 121 Å². The predicted octanol–water partition coefficient (Wildman–Crippen LogP) is 7.08. The number of allylic oxidation sites excluding steroid dienone is 4. The van der Waals surface area contributed by atoms with Crippen LogP contribution in [-0.4, -0.2) is 98.7 Å². The lowest BCUT2D eigenvalue weighted by Gasteiger charge is -2.40. The van der Waals surface area contributed by atoms with Crippen LogP contribution in [0.2, 0.25) is 0 Å². The molecule has 10 nitrogen and oxygen atoms in total. The van der Waals surface area contributed by atoms with Crippen molar-refractivity contribution in [1.82, 2.24) is 5.32 Å². The molecular formula is C43H79NO9. The van der Waals surface area contributed by atoms with Gasteiger partial charge in [-0.2, -0.15) is 0 Å². The van der Waals surface area contributed by atoms with E-state index in [4.69, 9.17) is 9.47 Å². The molecule has 0 bridgehead atoms. The van der Waals surface area contributed by atoms with Crippen molar-refractivity contribution >= 4 is 5.91 Å². The van der Waals surface area contributed by atoms with Crippen LogP contribution >= 0.6 is 0 Å². The Morgan fingerprint density at radius 1 is 0.698 bits per heavy atom. The minimum Gasteiger partial charge on any atom is -0.394 e. The Balaban J connectivity index is 2.59. The summed E-state index contributed by atoms with van der Waals surface area (Å²) >= 11 is 0. The van der Waals surface area contributed by atoms with Crippen LogP contribution in [0.15, 0.2) is 36.0 Å². The second kappa shape index (κ2) is 32.6. The van der Waals surface area contributed by atoms with E-state index >= 15 is 0 Å². The molecule has 0 saturated carbocycles. The maximum atomic E-state index is 13.0. The molecule has 0 aromatic rings. The largest absolute Gasteiger partial charge is 0.394 e. The van der Waals surface area contributed by atoms with E-state index in [2.05, 4.69) is 32.2 Å². The molecular weight excluding hydrogens is 674 g/mol. The lowest BCUT2D eigenvalue weighted by atomic mass is 9.99. The van der Waals surface area contributed by atoms with E-state index in [0.29, 0.717) is 6.42 Å². The number of carbonyl (C=O) groups is 1. The zero-order valence-corrected chi connectivity index (χ0v) is 33.6. The van der Waals surface area contributed by atoms with Crippen molar-refractivity contribution < 1.29 is 44.9 Å². The van der Waals surface area contributed by atoms with E-state index in [1.54, 1.807) is 12.2 Å². The van der Waals surface area contributed by atoms with Crippen molar-refractivity contribution in [2.45, 2.75) is 217 Å². The van der Waals surface area contributed by atoms with Gasteiger partial charge >= 0.3 is 0 Å². The molecule has 1 rings (SSSR count). The van der Waals surface area contributed by atoms with Gasteiger partial charge in [0.25, 0.3) is 5.91 Å². The van der Waals surface area contributed by atoms with Gasteiger partial charge in [0.15, 0.2) is 12.4 Å². The first-order valence-electron chi connectivity index (χ1n) is 21.2. The summed E-state index contributed by atoms with van der Waals surface area (Å²) in [6.07, 6.45) is 26.3. The van der Waals surface area contributed by atoms with Gasteiger partial charge in [0.1, 0.15) is 24.4 Å². The quantitative estimate of drug-likeness (QED) is 0.0274. The molecule has 53 heavy (non-hydrogen) atoms. The molecule has 0 aliphatic carbocycles. The molecule has 7 N–H and O–H groups in total. The highest BCUT2D eigenvalue weighted by Crippen LogP contribution is 2.22. The number of aliphatic hydroxyl groups is 6. The number of unbranched alkanes of at least 4 members (excludes halogenated alkanes) is 19. The average molecular weight is 754 g/mol.